The fourth-order valence-corrected chi connectivity index (χ4v) is 3.75. The second kappa shape index (κ2) is 15.0. The number of hydrogen-bond donors (Lipinski definition) is 2. The van der Waals surface area contributed by atoms with Gasteiger partial charge in [-0.05, 0) is 77.6 Å². The van der Waals surface area contributed by atoms with Crippen molar-refractivity contribution >= 4 is 5.97 Å². The summed E-state index contributed by atoms with van der Waals surface area (Å²) in [5.74, 6) is -0.823. The number of aromatic nitrogens is 2. The highest BCUT2D eigenvalue weighted by atomic mass is 19.1. The van der Waals surface area contributed by atoms with Crippen molar-refractivity contribution in [2.75, 3.05) is 6.61 Å². The van der Waals surface area contributed by atoms with Crippen molar-refractivity contribution in [3.8, 4) is 17.1 Å². The Labute approximate surface area is 239 Å². The van der Waals surface area contributed by atoms with Crippen LogP contribution >= 0.6 is 0 Å². The van der Waals surface area contributed by atoms with E-state index in [1.165, 1.54) is 6.07 Å². The monoisotopic (exact) mass is 557 g/mol. The highest BCUT2D eigenvalue weighted by molar-refractivity contribution is 5.97. The zero-order chi connectivity index (χ0) is 29.4. The number of carbonyl (C=O) groups excluding carboxylic acids is 1. The Kier molecular flexibility index (Phi) is 13.0. The highest BCUT2D eigenvalue weighted by Crippen LogP contribution is 2.29. The van der Waals surface area contributed by atoms with Crippen LogP contribution in [0, 0.1) is 5.82 Å². The molecule has 3 rings (SSSR count). The Bertz CT molecular complexity index is 1230. The number of aryl methyl sites for hydroxylation is 1. The Hall–Kier alpha value is -3.23. The number of hydrogen-bond acceptors (Lipinski definition) is 6. The Morgan fingerprint density at radius 2 is 1.70 bits per heavy atom. The summed E-state index contributed by atoms with van der Waals surface area (Å²) >= 11 is 0. The summed E-state index contributed by atoms with van der Waals surface area (Å²) in [5, 5.41) is 8.52. The molecule has 0 saturated heterocycles. The largest absolute Gasteiger partial charge is 0.465 e. The minimum atomic E-state index is -0.625. The number of benzene rings is 2. The molecule has 0 fully saturated rings. The Morgan fingerprint density at radius 1 is 1.07 bits per heavy atom. The van der Waals surface area contributed by atoms with Gasteiger partial charge in [-0.25, -0.2) is 9.18 Å². The molecule has 0 spiro atoms. The third-order valence-corrected chi connectivity index (χ3v) is 5.32. The summed E-state index contributed by atoms with van der Waals surface area (Å²) in [6, 6.07) is 12.5. The Balaban J connectivity index is 0.00000122. The molecule has 222 valence electrons. The maximum Gasteiger partial charge on any atom is 0.339 e. The zero-order valence-electron chi connectivity index (χ0n) is 24.6. The first kappa shape index (κ1) is 34.8. The van der Waals surface area contributed by atoms with Gasteiger partial charge in [0.2, 0.25) is 0 Å². The van der Waals surface area contributed by atoms with Crippen LogP contribution in [-0.4, -0.2) is 38.4 Å². The molecule has 0 amide bonds. The standard InChI is InChI=1S/C27H34FN3O3.C4H10O.CH4/c1-6-14-33-26-30-23(7-2)24(16-29)31(26)17-19-13-12-18(15-22(19)28)20-10-8-9-11-21(20)25(32)34-27(3,4)5;1-4(2,3)5;/h8-13,15H,6-7,14,16-17,29H2,1-5H3;5H,1-3H3;1H4. The molecule has 3 N–H and O–H groups in total. The molecule has 40 heavy (non-hydrogen) atoms. The number of halogens is 1. The van der Waals surface area contributed by atoms with E-state index in [4.69, 9.17) is 20.3 Å². The number of rotatable bonds is 9. The van der Waals surface area contributed by atoms with Crippen LogP contribution in [0.2, 0.25) is 0 Å². The first-order valence-corrected chi connectivity index (χ1v) is 13.4. The van der Waals surface area contributed by atoms with E-state index >= 15 is 4.39 Å². The first-order chi connectivity index (χ1) is 18.2. The molecule has 7 nitrogen and oxygen atoms in total. The second-order valence-corrected chi connectivity index (χ2v) is 11.3. The van der Waals surface area contributed by atoms with Crippen molar-refractivity contribution < 1.29 is 23.8 Å². The maximum absolute atomic E-state index is 15.3. The lowest BCUT2D eigenvalue weighted by atomic mass is 9.98. The number of nitrogens with zero attached hydrogens (tertiary/aromatic N) is 2. The average molecular weight is 558 g/mol. The summed E-state index contributed by atoms with van der Waals surface area (Å²) in [5.41, 5.74) is 8.66. The molecule has 0 aliphatic heterocycles. The predicted molar refractivity (Wildman–Crippen MR) is 160 cm³/mol. The lowest BCUT2D eigenvalue weighted by molar-refractivity contribution is 0.00703. The Morgan fingerprint density at radius 3 is 2.23 bits per heavy atom. The maximum atomic E-state index is 15.3. The average Bonchev–Trinajstić information content (AvgIpc) is 3.18. The molecule has 0 radical (unpaired) electrons. The number of imidazole rings is 1. The zero-order valence-corrected chi connectivity index (χ0v) is 24.6. The molecule has 2 aromatic carbocycles. The van der Waals surface area contributed by atoms with Gasteiger partial charge < -0.3 is 20.3 Å². The summed E-state index contributed by atoms with van der Waals surface area (Å²) in [4.78, 5) is 17.3. The minimum absolute atomic E-state index is 0. The van der Waals surface area contributed by atoms with Gasteiger partial charge in [-0.2, -0.15) is 4.98 Å². The molecule has 0 atom stereocenters. The van der Waals surface area contributed by atoms with Gasteiger partial charge in [0.1, 0.15) is 11.4 Å². The first-order valence-electron chi connectivity index (χ1n) is 13.4. The van der Waals surface area contributed by atoms with Gasteiger partial charge in [0, 0.05) is 12.1 Å². The van der Waals surface area contributed by atoms with Crippen LogP contribution < -0.4 is 10.5 Å². The topological polar surface area (TPSA) is 99.6 Å². The van der Waals surface area contributed by atoms with Crippen molar-refractivity contribution in [2.45, 2.75) is 99.9 Å². The van der Waals surface area contributed by atoms with Crippen LogP contribution in [0.5, 0.6) is 6.01 Å². The molecule has 0 bridgehead atoms. The second-order valence-electron chi connectivity index (χ2n) is 11.3. The van der Waals surface area contributed by atoms with Crippen LogP contribution in [0.25, 0.3) is 11.1 Å². The van der Waals surface area contributed by atoms with Gasteiger partial charge in [0.05, 0.1) is 35.7 Å². The van der Waals surface area contributed by atoms with E-state index in [-0.39, 0.29) is 26.3 Å². The van der Waals surface area contributed by atoms with Gasteiger partial charge in [0.25, 0.3) is 6.01 Å². The molecular weight excluding hydrogens is 509 g/mol. The number of esters is 1. The van der Waals surface area contributed by atoms with E-state index in [0.717, 1.165) is 17.8 Å². The number of nitrogens with two attached hydrogens (primary N) is 1. The van der Waals surface area contributed by atoms with E-state index in [2.05, 4.69) is 4.98 Å². The van der Waals surface area contributed by atoms with Crippen molar-refractivity contribution in [1.29, 1.82) is 0 Å². The third kappa shape index (κ3) is 10.4. The van der Waals surface area contributed by atoms with E-state index in [1.807, 2.05) is 51.3 Å². The summed E-state index contributed by atoms with van der Waals surface area (Å²) in [6.07, 6.45) is 1.55. The van der Waals surface area contributed by atoms with Crippen LogP contribution in [0.1, 0.15) is 96.5 Å². The van der Waals surface area contributed by atoms with Gasteiger partial charge in [0.15, 0.2) is 0 Å². The van der Waals surface area contributed by atoms with Crippen molar-refractivity contribution in [3.05, 3.63) is 70.8 Å². The highest BCUT2D eigenvalue weighted by Gasteiger charge is 2.22. The lowest BCUT2D eigenvalue weighted by Gasteiger charge is -2.20. The van der Waals surface area contributed by atoms with Gasteiger partial charge in [-0.3, -0.25) is 4.57 Å². The van der Waals surface area contributed by atoms with Crippen LogP contribution in [0.4, 0.5) is 4.39 Å². The van der Waals surface area contributed by atoms with E-state index in [9.17, 15) is 4.79 Å². The molecule has 1 aromatic heterocycles. The fraction of sp³-hybridized carbons (Fsp3) is 0.500. The van der Waals surface area contributed by atoms with Crippen LogP contribution in [-0.2, 0) is 24.2 Å². The van der Waals surface area contributed by atoms with E-state index in [1.54, 1.807) is 45.0 Å². The van der Waals surface area contributed by atoms with Crippen LogP contribution in [0.15, 0.2) is 42.5 Å². The fourth-order valence-electron chi connectivity index (χ4n) is 3.75. The molecule has 3 aromatic rings. The molecule has 0 aliphatic carbocycles. The summed E-state index contributed by atoms with van der Waals surface area (Å²) in [7, 11) is 0. The normalized spacial score (nSPS) is 11.3. The number of carbonyl (C=O) groups is 1. The lowest BCUT2D eigenvalue weighted by Crippen LogP contribution is -2.24. The molecular formula is C32H48FN3O4. The third-order valence-electron chi connectivity index (χ3n) is 5.32. The quantitative estimate of drug-likeness (QED) is 0.277. The van der Waals surface area contributed by atoms with Gasteiger partial charge in [-0.1, -0.05) is 51.6 Å². The molecule has 8 heteroatoms. The molecule has 0 saturated carbocycles. The van der Waals surface area contributed by atoms with E-state index in [0.29, 0.717) is 41.3 Å². The molecule has 0 unspecified atom stereocenters. The smallest absolute Gasteiger partial charge is 0.339 e. The van der Waals surface area contributed by atoms with Crippen molar-refractivity contribution in [1.82, 2.24) is 9.55 Å². The number of aliphatic hydroxyl groups is 1. The van der Waals surface area contributed by atoms with Gasteiger partial charge in [-0.15, -0.1) is 0 Å². The minimum Gasteiger partial charge on any atom is -0.465 e. The summed E-state index contributed by atoms with van der Waals surface area (Å²) < 4.78 is 28.5. The molecule has 1 heterocycles. The van der Waals surface area contributed by atoms with Crippen molar-refractivity contribution in [3.63, 3.8) is 0 Å². The number of ether oxygens (including phenoxy) is 2. The van der Waals surface area contributed by atoms with Crippen molar-refractivity contribution in [2.24, 2.45) is 5.73 Å². The van der Waals surface area contributed by atoms with Crippen LogP contribution in [0.3, 0.4) is 0 Å². The van der Waals surface area contributed by atoms with Gasteiger partial charge >= 0.3 is 5.97 Å². The summed E-state index contributed by atoms with van der Waals surface area (Å²) in [6.45, 7) is 15.8. The molecule has 0 aliphatic rings. The SMILES string of the molecule is C.CC(C)(C)O.CCCOc1nc(CC)c(CN)n1Cc1ccc(-c2ccccc2C(=O)OC(C)(C)C)cc1F. The van der Waals surface area contributed by atoms with E-state index < -0.39 is 17.2 Å². The predicted octanol–water partition coefficient (Wildman–Crippen LogP) is 6.92.